The molecule has 0 saturated carbocycles. The predicted molar refractivity (Wildman–Crippen MR) is 121 cm³/mol. The summed E-state index contributed by atoms with van der Waals surface area (Å²) in [7, 11) is 0. The average Bonchev–Trinajstić information content (AvgIpc) is 2.67. The third kappa shape index (κ3) is 8.10. The molecular formula is C25H34N2O2. The van der Waals surface area contributed by atoms with E-state index < -0.39 is 0 Å². The molecule has 0 atom stereocenters. The Morgan fingerprint density at radius 1 is 0.586 bits per heavy atom. The summed E-state index contributed by atoms with van der Waals surface area (Å²) in [6.45, 7) is 8.22. The Balaban J connectivity index is 1.54. The molecule has 2 aromatic rings. The predicted octanol–water partition coefficient (Wildman–Crippen LogP) is 6.23. The Labute approximate surface area is 175 Å². The summed E-state index contributed by atoms with van der Waals surface area (Å²) in [5, 5.41) is 5.93. The van der Waals surface area contributed by atoms with Crippen LogP contribution in [0.15, 0.2) is 36.4 Å². The van der Waals surface area contributed by atoms with Gasteiger partial charge < -0.3 is 10.6 Å². The molecule has 2 N–H and O–H groups in total. The van der Waals surface area contributed by atoms with Crippen molar-refractivity contribution in [2.45, 2.75) is 72.6 Å². The highest BCUT2D eigenvalue weighted by Crippen LogP contribution is 2.16. The molecule has 2 rings (SSSR count). The number of hydrogen-bond acceptors (Lipinski definition) is 2. The van der Waals surface area contributed by atoms with Crippen molar-refractivity contribution in [1.29, 1.82) is 0 Å². The van der Waals surface area contributed by atoms with Crippen LogP contribution in [0.1, 0.15) is 67.2 Å². The highest BCUT2D eigenvalue weighted by atomic mass is 16.2. The molecule has 0 aromatic heterocycles. The van der Waals surface area contributed by atoms with Crippen molar-refractivity contribution in [2.75, 3.05) is 10.6 Å². The third-order valence-electron chi connectivity index (χ3n) is 5.39. The molecule has 0 fully saturated rings. The SMILES string of the molecule is Cc1ccc(NC(=O)CCCCCCCC(=O)Nc2ccc(C)c(C)c2)cc1C. The van der Waals surface area contributed by atoms with Crippen LogP contribution >= 0.6 is 0 Å². The molecule has 0 aliphatic rings. The van der Waals surface area contributed by atoms with Crippen LogP contribution in [0.2, 0.25) is 0 Å². The standard InChI is InChI=1S/C25H34N2O2/c1-18-12-14-22(16-20(18)3)26-24(28)10-8-6-5-7-9-11-25(29)27-23-15-13-19(2)21(4)17-23/h12-17H,5-11H2,1-4H3,(H,26,28)(H,27,29). The van der Waals surface area contributed by atoms with Gasteiger partial charge in [0, 0.05) is 24.2 Å². The zero-order valence-electron chi connectivity index (χ0n) is 18.2. The lowest BCUT2D eigenvalue weighted by Crippen LogP contribution is -2.11. The number of aryl methyl sites for hydroxylation is 4. The van der Waals surface area contributed by atoms with Crippen LogP contribution in [0.4, 0.5) is 11.4 Å². The second-order valence-electron chi connectivity index (χ2n) is 7.96. The van der Waals surface area contributed by atoms with E-state index in [0.29, 0.717) is 12.8 Å². The van der Waals surface area contributed by atoms with Crippen LogP contribution in [0.5, 0.6) is 0 Å². The van der Waals surface area contributed by atoms with E-state index in [4.69, 9.17) is 0 Å². The van der Waals surface area contributed by atoms with E-state index >= 15 is 0 Å². The fourth-order valence-corrected chi connectivity index (χ4v) is 3.19. The molecule has 0 saturated heterocycles. The number of hydrogen-bond donors (Lipinski definition) is 2. The van der Waals surface area contributed by atoms with Crippen molar-refractivity contribution in [3.8, 4) is 0 Å². The van der Waals surface area contributed by atoms with Crippen LogP contribution in [-0.2, 0) is 9.59 Å². The van der Waals surface area contributed by atoms with E-state index in [1.807, 2.05) is 50.2 Å². The minimum Gasteiger partial charge on any atom is -0.326 e. The summed E-state index contributed by atoms with van der Waals surface area (Å²) in [6.07, 6.45) is 5.92. The van der Waals surface area contributed by atoms with Gasteiger partial charge in [-0.25, -0.2) is 0 Å². The number of rotatable bonds is 10. The molecule has 156 valence electrons. The van der Waals surface area contributed by atoms with Gasteiger partial charge in [0.05, 0.1) is 0 Å². The van der Waals surface area contributed by atoms with Crippen molar-refractivity contribution in [3.05, 3.63) is 58.7 Å². The quantitative estimate of drug-likeness (QED) is 0.469. The maximum atomic E-state index is 12.0. The first-order valence-corrected chi connectivity index (χ1v) is 10.6. The van der Waals surface area contributed by atoms with Crippen molar-refractivity contribution >= 4 is 23.2 Å². The number of amides is 2. The first-order chi connectivity index (χ1) is 13.8. The van der Waals surface area contributed by atoms with Gasteiger partial charge in [0.25, 0.3) is 0 Å². The molecule has 4 nitrogen and oxygen atoms in total. The van der Waals surface area contributed by atoms with Crippen LogP contribution in [-0.4, -0.2) is 11.8 Å². The van der Waals surface area contributed by atoms with Gasteiger partial charge in [-0.1, -0.05) is 31.4 Å². The van der Waals surface area contributed by atoms with Gasteiger partial charge >= 0.3 is 0 Å². The van der Waals surface area contributed by atoms with E-state index in [1.54, 1.807) is 0 Å². The van der Waals surface area contributed by atoms with Gasteiger partial charge in [0.2, 0.25) is 11.8 Å². The van der Waals surface area contributed by atoms with Crippen LogP contribution in [0.3, 0.4) is 0 Å². The largest absolute Gasteiger partial charge is 0.326 e. The van der Waals surface area contributed by atoms with E-state index in [9.17, 15) is 9.59 Å². The highest BCUT2D eigenvalue weighted by molar-refractivity contribution is 5.91. The first kappa shape index (κ1) is 22.7. The molecule has 0 radical (unpaired) electrons. The summed E-state index contributed by atoms with van der Waals surface area (Å²) in [4.78, 5) is 24.1. The Morgan fingerprint density at radius 2 is 0.966 bits per heavy atom. The molecule has 0 aliphatic carbocycles. The minimum absolute atomic E-state index is 0.0704. The molecule has 2 amide bonds. The summed E-state index contributed by atoms with van der Waals surface area (Å²) >= 11 is 0. The van der Waals surface area contributed by atoms with E-state index in [2.05, 4.69) is 24.5 Å². The second-order valence-corrected chi connectivity index (χ2v) is 7.96. The zero-order chi connectivity index (χ0) is 21.2. The van der Waals surface area contributed by atoms with Crippen molar-refractivity contribution in [2.24, 2.45) is 0 Å². The topological polar surface area (TPSA) is 58.2 Å². The minimum atomic E-state index is 0.0704. The fourth-order valence-electron chi connectivity index (χ4n) is 3.19. The summed E-state index contributed by atoms with van der Waals surface area (Å²) < 4.78 is 0. The Kier molecular flexibility index (Phi) is 8.91. The van der Waals surface area contributed by atoms with Crippen molar-refractivity contribution < 1.29 is 9.59 Å². The normalized spacial score (nSPS) is 10.6. The highest BCUT2D eigenvalue weighted by Gasteiger charge is 2.05. The maximum absolute atomic E-state index is 12.0. The lowest BCUT2D eigenvalue weighted by molar-refractivity contribution is -0.117. The van der Waals surface area contributed by atoms with E-state index in [0.717, 1.165) is 43.5 Å². The third-order valence-corrected chi connectivity index (χ3v) is 5.39. The summed E-state index contributed by atoms with van der Waals surface area (Å²) in [5.74, 6) is 0.141. The Hall–Kier alpha value is -2.62. The summed E-state index contributed by atoms with van der Waals surface area (Å²) in [6, 6.07) is 12.0. The van der Waals surface area contributed by atoms with Crippen molar-refractivity contribution in [1.82, 2.24) is 0 Å². The molecule has 0 bridgehead atoms. The maximum Gasteiger partial charge on any atom is 0.224 e. The number of carbonyl (C=O) groups is 2. The van der Waals surface area contributed by atoms with Crippen LogP contribution in [0.25, 0.3) is 0 Å². The molecule has 0 unspecified atom stereocenters. The van der Waals surface area contributed by atoms with Crippen LogP contribution in [0, 0.1) is 27.7 Å². The van der Waals surface area contributed by atoms with Gasteiger partial charge in [-0.05, 0) is 87.1 Å². The molecule has 29 heavy (non-hydrogen) atoms. The zero-order valence-corrected chi connectivity index (χ0v) is 18.2. The van der Waals surface area contributed by atoms with E-state index in [1.165, 1.54) is 22.3 Å². The van der Waals surface area contributed by atoms with Gasteiger partial charge in [-0.15, -0.1) is 0 Å². The van der Waals surface area contributed by atoms with Gasteiger partial charge in [0.1, 0.15) is 0 Å². The number of unbranched alkanes of at least 4 members (excludes halogenated alkanes) is 4. The number of benzene rings is 2. The Morgan fingerprint density at radius 3 is 1.34 bits per heavy atom. The Bertz CT molecular complexity index is 773. The van der Waals surface area contributed by atoms with Gasteiger partial charge in [-0.3, -0.25) is 9.59 Å². The van der Waals surface area contributed by atoms with Crippen LogP contribution < -0.4 is 10.6 Å². The summed E-state index contributed by atoms with van der Waals surface area (Å²) in [5.41, 5.74) is 6.56. The van der Waals surface area contributed by atoms with Gasteiger partial charge in [-0.2, -0.15) is 0 Å². The smallest absolute Gasteiger partial charge is 0.224 e. The monoisotopic (exact) mass is 394 g/mol. The molecule has 2 aromatic carbocycles. The van der Waals surface area contributed by atoms with Gasteiger partial charge in [0.15, 0.2) is 0 Å². The lowest BCUT2D eigenvalue weighted by Gasteiger charge is -2.08. The molecule has 4 heteroatoms. The van der Waals surface area contributed by atoms with Crippen molar-refractivity contribution in [3.63, 3.8) is 0 Å². The molecule has 0 spiro atoms. The number of carbonyl (C=O) groups excluding carboxylic acids is 2. The lowest BCUT2D eigenvalue weighted by atomic mass is 10.1. The average molecular weight is 395 g/mol. The molecule has 0 aliphatic heterocycles. The molecule has 0 heterocycles. The second kappa shape index (κ2) is 11.4. The van der Waals surface area contributed by atoms with E-state index in [-0.39, 0.29) is 11.8 Å². The first-order valence-electron chi connectivity index (χ1n) is 10.6. The molecular weight excluding hydrogens is 360 g/mol. The fraction of sp³-hybridized carbons (Fsp3) is 0.440. The number of nitrogens with one attached hydrogen (secondary N) is 2. The number of anilines is 2.